The molecule has 0 bridgehead atoms. The summed E-state index contributed by atoms with van der Waals surface area (Å²) in [7, 11) is 0. The number of hydrogen-bond acceptors (Lipinski definition) is 6. The lowest BCUT2D eigenvalue weighted by Crippen LogP contribution is -2.45. The Hall–Kier alpha value is -5.95. The number of nitrogens with zero attached hydrogens (tertiary/aromatic N) is 1. The van der Waals surface area contributed by atoms with Crippen LogP contribution in [0.2, 0.25) is 0 Å². The van der Waals surface area contributed by atoms with E-state index in [0.29, 0.717) is 0 Å². The highest BCUT2D eigenvalue weighted by Gasteiger charge is 2.34. The number of aliphatic imine (C=N–C) groups is 1. The predicted molar refractivity (Wildman–Crippen MR) is 209 cm³/mol. The van der Waals surface area contributed by atoms with Gasteiger partial charge in [0.25, 0.3) is 0 Å². The second-order valence-corrected chi connectivity index (χ2v) is 14.5. The largest absolute Gasteiger partial charge is 0.485 e. The lowest BCUT2D eigenvalue weighted by molar-refractivity contribution is 0.268. The molecule has 244 valence electrons. The van der Waals surface area contributed by atoms with E-state index >= 15 is 0 Å². The third kappa shape index (κ3) is 4.54. The molecule has 8 aromatic rings. The number of thiophene rings is 1. The van der Waals surface area contributed by atoms with Gasteiger partial charge in [0.2, 0.25) is 0 Å². The van der Waals surface area contributed by atoms with Crippen LogP contribution >= 0.6 is 11.3 Å². The van der Waals surface area contributed by atoms with Crippen molar-refractivity contribution in [1.82, 2.24) is 10.6 Å². The second-order valence-electron chi connectivity index (χ2n) is 13.5. The van der Waals surface area contributed by atoms with Gasteiger partial charge in [0, 0.05) is 64.7 Å². The maximum absolute atomic E-state index is 6.98. The van der Waals surface area contributed by atoms with Crippen LogP contribution in [0, 0.1) is 0 Å². The van der Waals surface area contributed by atoms with E-state index in [4.69, 9.17) is 14.1 Å². The van der Waals surface area contributed by atoms with E-state index in [2.05, 4.69) is 156 Å². The molecule has 4 heterocycles. The van der Waals surface area contributed by atoms with Gasteiger partial charge >= 0.3 is 0 Å². The summed E-state index contributed by atoms with van der Waals surface area (Å²) in [6.07, 6.45) is 8.00. The number of para-hydroxylation sites is 2. The molecule has 1 aliphatic carbocycles. The summed E-state index contributed by atoms with van der Waals surface area (Å²) >= 11 is 1.84. The van der Waals surface area contributed by atoms with Crippen LogP contribution in [-0.2, 0) is 0 Å². The zero-order valence-corrected chi connectivity index (χ0v) is 28.2. The van der Waals surface area contributed by atoms with Crippen molar-refractivity contribution in [3.8, 4) is 16.9 Å². The lowest BCUT2D eigenvalue weighted by Gasteiger charge is -2.32. The van der Waals surface area contributed by atoms with E-state index in [-0.39, 0.29) is 24.4 Å². The van der Waals surface area contributed by atoms with Crippen molar-refractivity contribution in [3.63, 3.8) is 0 Å². The molecule has 2 aromatic heterocycles. The smallest absolute Gasteiger partial charge is 0.143 e. The van der Waals surface area contributed by atoms with Gasteiger partial charge in [-0.05, 0) is 23.8 Å². The molecule has 0 saturated carbocycles. The average molecular weight is 678 g/mol. The van der Waals surface area contributed by atoms with Gasteiger partial charge in [-0.15, -0.1) is 11.3 Å². The Morgan fingerprint density at radius 3 is 2.31 bits per heavy atom. The van der Waals surface area contributed by atoms with Crippen molar-refractivity contribution >= 4 is 59.3 Å². The quantitative estimate of drug-likeness (QED) is 0.195. The minimum atomic E-state index is -0.368. The summed E-state index contributed by atoms with van der Waals surface area (Å²) in [6.45, 7) is 0. The Morgan fingerprint density at radius 1 is 0.627 bits per heavy atom. The van der Waals surface area contributed by atoms with Crippen molar-refractivity contribution in [2.45, 2.75) is 24.4 Å². The molecule has 0 spiro atoms. The zero-order valence-electron chi connectivity index (χ0n) is 27.4. The second kappa shape index (κ2) is 11.3. The first-order chi connectivity index (χ1) is 25.3. The highest BCUT2D eigenvalue weighted by molar-refractivity contribution is 7.26. The van der Waals surface area contributed by atoms with Crippen LogP contribution in [0.4, 0.5) is 0 Å². The number of ether oxygens (including phenoxy) is 1. The van der Waals surface area contributed by atoms with Gasteiger partial charge in [-0.3, -0.25) is 5.32 Å². The summed E-state index contributed by atoms with van der Waals surface area (Å²) in [5.74, 6) is 2.01. The van der Waals surface area contributed by atoms with Crippen LogP contribution in [0.25, 0.3) is 53.2 Å². The summed E-state index contributed by atoms with van der Waals surface area (Å²) in [4.78, 5) is 5.28. The Kier molecular flexibility index (Phi) is 6.38. The normalized spacial score (nSPS) is 20.7. The Labute approximate surface area is 298 Å². The standard InChI is InChI=1S/C45H31N3O2S/c1-2-11-26(12-3-1)43-46-44(27-23-24-29-28-13-4-6-21-37(28)49-38(29)25-27)48-45(47-43)36-20-9-16-32-31-15-8-17-33(40(31)50-41(32)36)35-19-10-18-34-30-14-5-7-22-39(30)51-42(34)35/h1-25,28,37,44-45,48H,(H,46,47). The highest BCUT2D eigenvalue weighted by Crippen LogP contribution is 2.45. The Bertz CT molecular complexity index is 2770. The van der Waals surface area contributed by atoms with Gasteiger partial charge in [-0.1, -0.05) is 133 Å². The van der Waals surface area contributed by atoms with Crippen LogP contribution in [0.15, 0.2) is 161 Å². The van der Waals surface area contributed by atoms with E-state index in [1.54, 1.807) is 0 Å². The number of benzene rings is 6. The van der Waals surface area contributed by atoms with Gasteiger partial charge in [-0.25, -0.2) is 4.99 Å². The van der Waals surface area contributed by atoms with Crippen molar-refractivity contribution in [2.24, 2.45) is 4.99 Å². The zero-order chi connectivity index (χ0) is 33.5. The van der Waals surface area contributed by atoms with E-state index in [0.717, 1.165) is 55.8 Å². The minimum absolute atomic E-state index is 0.0446. The maximum atomic E-state index is 6.98. The molecule has 3 aliphatic rings. The Balaban J connectivity index is 1.04. The van der Waals surface area contributed by atoms with Gasteiger partial charge < -0.3 is 14.5 Å². The van der Waals surface area contributed by atoms with Crippen molar-refractivity contribution in [3.05, 3.63) is 174 Å². The number of amidine groups is 1. The molecule has 6 aromatic carbocycles. The molecule has 11 rings (SSSR count). The SMILES string of the molecule is C1=CC2Oc3cc(C4NC(c5ccccc5)=NC(c5cccc6c5oc5c(-c7cccc8c7sc7ccccc78)cccc56)N4)ccc3C2C=C1. The average Bonchev–Trinajstić information content (AvgIpc) is 3.89. The van der Waals surface area contributed by atoms with Gasteiger partial charge in [-0.2, -0.15) is 0 Å². The van der Waals surface area contributed by atoms with E-state index in [9.17, 15) is 0 Å². The summed E-state index contributed by atoms with van der Waals surface area (Å²) in [5.41, 5.74) is 8.36. The van der Waals surface area contributed by atoms with Crippen molar-refractivity contribution in [1.29, 1.82) is 0 Å². The summed E-state index contributed by atoms with van der Waals surface area (Å²) < 4.78 is 16.0. The van der Waals surface area contributed by atoms with Gasteiger partial charge in [0.05, 0.1) is 0 Å². The number of rotatable bonds is 4. The third-order valence-electron chi connectivity index (χ3n) is 10.5. The topological polar surface area (TPSA) is 58.8 Å². The van der Waals surface area contributed by atoms with E-state index < -0.39 is 0 Å². The van der Waals surface area contributed by atoms with E-state index in [1.807, 2.05) is 17.4 Å². The van der Waals surface area contributed by atoms with Crippen LogP contribution in [0.1, 0.15) is 40.5 Å². The maximum Gasteiger partial charge on any atom is 0.143 e. The molecule has 0 saturated heterocycles. The lowest BCUT2D eigenvalue weighted by atomic mass is 9.91. The molecule has 0 amide bonds. The third-order valence-corrected chi connectivity index (χ3v) is 11.8. The number of nitrogens with one attached hydrogen (secondary N) is 2. The first-order valence-corrected chi connectivity index (χ1v) is 18.2. The highest BCUT2D eigenvalue weighted by atomic mass is 32.1. The molecule has 2 aliphatic heterocycles. The van der Waals surface area contributed by atoms with Gasteiger partial charge in [0.15, 0.2) is 0 Å². The first-order valence-electron chi connectivity index (χ1n) is 17.4. The van der Waals surface area contributed by atoms with Crippen LogP contribution in [0.5, 0.6) is 5.75 Å². The molecule has 2 N–H and O–H groups in total. The van der Waals surface area contributed by atoms with Crippen molar-refractivity contribution < 1.29 is 9.15 Å². The molecular weight excluding hydrogens is 647 g/mol. The first kappa shape index (κ1) is 28.8. The molecule has 4 unspecified atom stereocenters. The fourth-order valence-electron chi connectivity index (χ4n) is 8.10. The monoisotopic (exact) mass is 677 g/mol. The molecule has 0 radical (unpaired) electrons. The van der Waals surface area contributed by atoms with Crippen molar-refractivity contribution in [2.75, 3.05) is 0 Å². The van der Waals surface area contributed by atoms with Crippen LogP contribution in [0.3, 0.4) is 0 Å². The molecule has 51 heavy (non-hydrogen) atoms. The van der Waals surface area contributed by atoms with Crippen LogP contribution < -0.4 is 15.4 Å². The van der Waals surface area contributed by atoms with Gasteiger partial charge in [0.1, 0.15) is 41.2 Å². The number of furan rings is 1. The fraction of sp³-hybridized carbons (Fsp3) is 0.0889. The fourth-order valence-corrected chi connectivity index (χ4v) is 9.33. The van der Waals surface area contributed by atoms with Crippen LogP contribution in [-0.4, -0.2) is 11.9 Å². The summed E-state index contributed by atoms with van der Waals surface area (Å²) in [5, 5.41) is 12.3. The Morgan fingerprint density at radius 2 is 1.39 bits per heavy atom. The number of fused-ring (bicyclic) bond motifs is 9. The molecule has 6 heteroatoms. The predicted octanol–water partition coefficient (Wildman–Crippen LogP) is 10.9. The number of allylic oxidation sites excluding steroid dienone is 2. The molecule has 4 atom stereocenters. The minimum Gasteiger partial charge on any atom is -0.485 e. The number of hydrogen-bond donors (Lipinski definition) is 2. The van der Waals surface area contributed by atoms with E-state index in [1.165, 1.54) is 31.3 Å². The molecule has 5 nitrogen and oxygen atoms in total. The summed E-state index contributed by atoms with van der Waals surface area (Å²) in [6, 6.07) is 45.1. The molecule has 0 fully saturated rings. The molecular formula is C45H31N3O2S.